The van der Waals surface area contributed by atoms with E-state index in [1.807, 2.05) is 0 Å². The van der Waals surface area contributed by atoms with Crippen LogP contribution in [0.1, 0.15) is 52.9 Å². The summed E-state index contributed by atoms with van der Waals surface area (Å²) in [6.45, 7) is 6.94. The summed E-state index contributed by atoms with van der Waals surface area (Å²) in [5, 5.41) is 6.12. The molecule has 0 unspecified atom stereocenters. The lowest BCUT2D eigenvalue weighted by atomic mass is 9.65. The second-order valence-corrected chi connectivity index (χ2v) is 6.35. The molecule has 1 saturated heterocycles. The minimum Gasteiger partial charge on any atom is -0.342 e. The van der Waals surface area contributed by atoms with Gasteiger partial charge in [0.1, 0.15) is 5.54 Å². The summed E-state index contributed by atoms with van der Waals surface area (Å²) >= 11 is 0. The number of aliphatic imine (C=N–C) groups is 1. The highest BCUT2D eigenvalue weighted by molar-refractivity contribution is 6.09. The maximum atomic E-state index is 12.1. The summed E-state index contributed by atoms with van der Waals surface area (Å²) < 4.78 is 0. The molecule has 2 N–H and O–H groups in total. The highest BCUT2D eigenvalue weighted by Crippen LogP contribution is 2.44. The first kappa shape index (κ1) is 13.4. The molecule has 1 aliphatic heterocycles. The third-order valence-corrected chi connectivity index (χ3v) is 5.10. The highest BCUT2D eigenvalue weighted by atomic mass is 16.2. The second kappa shape index (κ2) is 4.56. The molecule has 1 amide bonds. The number of amides is 1. The van der Waals surface area contributed by atoms with E-state index in [1.165, 1.54) is 6.42 Å². The van der Waals surface area contributed by atoms with Crippen LogP contribution in [-0.4, -0.2) is 24.5 Å². The molecule has 0 aromatic heterocycles. The van der Waals surface area contributed by atoms with Crippen molar-refractivity contribution in [1.29, 1.82) is 0 Å². The van der Waals surface area contributed by atoms with Crippen molar-refractivity contribution in [3.63, 3.8) is 0 Å². The van der Waals surface area contributed by atoms with Gasteiger partial charge in [-0.05, 0) is 37.0 Å². The Morgan fingerprint density at radius 1 is 1.39 bits per heavy atom. The van der Waals surface area contributed by atoms with Gasteiger partial charge < -0.3 is 5.32 Å². The smallest absolute Gasteiger partial charge is 0.252 e. The van der Waals surface area contributed by atoms with Gasteiger partial charge in [-0.2, -0.15) is 0 Å². The Bertz CT molecular complexity index is 365. The Labute approximate surface area is 110 Å². The molecule has 18 heavy (non-hydrogen) atoms. The molecule has 4 nitrogen and oxygen atoms in total. The van der Waals surface area contributed by atoms with Gasteiger partial charge in [0.05, 0.1) is 0 Å². The number of nitrogens with one attached hydrogen (secondary N) is 2. The number of hydrogen-bond donors (Lipinski definition) is 2. The van der Waals surface area contributed by atoms with E-state index in [2.05, 4.69) is 36.4 Å². The van der Waals surface area contributed by atoms with Gasteiger partial charge >= 0.3 is 0 Å². The van der Waals surface area contributed by atoms with Gasteiger partial charge in [0.2, 0.25) is 0 Å². The maximum absolute atomic E-state index is 12.1. The molecule has 2 rings (SSSR count). The zero-order chi connectivity index (χ0) is 13.4. The number of carbonyl (C=O) groups is 1. The second-order valence-electron chi connectivity index (χ2n) is 6.35. The van der Waals surface area contributed by atoms with Crippen LogP contribution in [0.5, 0.6) is 0 Å². The van der Waals surface area contributed by atoms with Crippen LogP contribution >= 0.6 is 0 Å². The van der Waals surface area contributed by atoms with Gasteiger partial charge in [-0.25, -0.2) is 0 Å². The number of nitrogens with zero attached hydrogens (tertiary/aromatic N) is 1. The van der Waals surface area contributed by atoms with E-state index >= 15 is 0 Å². The van der Waals surface area contributed by atoms with Gasteiger partial charge in [0, 0.05) is 7.05 Å². The first-order valence-electron chi connectivity index (χ1n) is 7.00. The van der Waals surface area contributed by atoms with E-state index < -0.39 is 0 Å². The molecular formula is C14H25N3O. The average Bonchev–Trinajstić information content (AvgIpc) is 2.67. The van der Waals surface area contributed by atoms with Crippen LogP contribution in [0.3, 0.4) is 0 Å². The molecule has 1 saturated carbocycles. The summed E-state index contributed by atoms with van der Waals surface area (Å²) in [6, 6.07) is 0. The Morgan fingerprint density at radius 2 is 2.00 bits per heavy atom. The Balaban J connectivity index is 2.05. The van der Waals surface area contributed by atoms with E-state index in [4.69, 9.17) is 0 Å². The molecule has 0 aromatic rings. The zero-order valence-electron chi connectivity index (χ0n) is 12.0. The molecule has 0 atom stereocenters. The number of guanidine groups is 1. The molecular weight excluding hydrogens is 226 g/mol. The molecule has 1 spiro atoms. The normalized spacial score (nSPS) is 34.8. The third-order valence-electron chi connectivity index (χ3n) is 5.10. The van der Waals surface area contributed by atoms with E-state index in [1.54, 1.807) is 7.05 Å². The van der Waals surface area contributed by atoms with Gasteiger partial charge in [-0.3, -0.25) is 15.1 Å². The van der Waals surface area contributed by atoms with Crippen LogP contribution in [0.4, 0.5) is 0 Å². The van der Waals surface area contributed by atoms with Crippen LogP contribution in [-0.2, 0) is 4.79 Å². The van der Waals surface area contributed by atoms with Crippen molar-refractivity contribution in [2.75, 3.05) is 7.05 Å². The summed E-state index contributed by atoms with van der Waals surface area (Å²) in [4.78, 5) is 16.1. The van der Waals surface area contributed by atoms with Gasteiger partial charge in [0.15, 0.2) is 5.96 Å². The lowest BCUT2D eigenvalue weighted by molar-refractivity contribution is -0.125. The van der Waals surface area contributed by atoms with Crippen molar-refractivity contribution < 1.29 is 4.79 Å². The third kappa shape index (κ3) is 2.13. The molecule has 0 bridgehead atoms. The first-order chi connectivity index (χ1) is 8.43. The summed E-state index contributed by atoms with van der Waals surface area (Å²) in [5.74, 6) is 1.47. The summed E-state index contributed by atoms with van der Waals surface area (Å²) in [6.07, 6.45) is 5.29. The van der Waals surface area contributed by atoms with Crippen molar-refractivity contribution in [3.8, 4) is 0 Å². The Hall–Kier alpha value is -1.06. The van der Waals surface area contributed by atoms with Crippen LogP contribution < -0.4 is 10.6 Å². The number of carbonyl (C=O) groups excluding carboxylic acids is 1. The predicted octanol–water partition coefficient (Wildman–Crippen LogP) is 2.06. The van der Waals surface area contributed by atoms with Crippen LogP contribution in [0.2, 0.25) is 0 Å². The van der Waals surface area contributed by atoms with Gasteiger partial charge in [-0.1, -0.05) is 27.2 Å². The van der Waals surface area contributed by atoms with E-state index in [9.17, 15) is 4.79 Å². The summed E-state index contributed by atoms with van der Waals surface area (Å²) in [7, 11) is 1.70. The lowest BCUT2D eigenvalue weighted by Crippen LogP contribution is -2.50. The molecule has 1 heterocycles. The van der Waals surface area contributed by atoms with Gasteiger partial charge in [0.25, 0.3) is 5.91 Å². The quantitative estimate of drug-likeness (QED) is 0.789. The van der Waals surface area contributed by atoms with E-state index in [-0.39, 0.29) is 11.4 Å². The summed E-state index contributed by atoms with van der Waals surface area (Å²) in [5.41, 5.74) is 0.00747. The average molecular weight is 251 g/mol. The standard InChI is InChI=1S/C14H25N3O/c1-5-13(2,3)10-6-8-14(9-7-10)11(18)16-12(15-4)17-14/h10H,5-9H2,1-4H3,(H2,15,16,17,18). The fraction of sp³-hybridized carbons (Fsp3) is 0.857. The number of hydrogen-bond acceptors (Lipinski definition) is 2. The molecule has 102 valence electrons. The zero-order valence-corrected chi connectivity index (χ0v) is 12.0. The minimum atomic E-state index is -0.380. The SMILES string of the molecule is CCC(C)(C)C1CCC2(CC1)NC(=NC)NC2=O. The van der Waals surface area contributed by atoms with Crippen molar-refractivity contribution in [3.05, 3.63) is 0 Å². The Morgan fingerprint density at radius 3 is 2.44 bits per heavy atom. The maximum Gasteiger partial charge on any atom is 0.252 e. The van der Waals surface area contributed by atoms with Crippen molar-refractivity contribution in [2.24, 2.45) is 16.3 Å². The fourth-order valence-electron chi connectivity index (χ4n) is 3.19. The van der Waals surface area contributed by atoms with Crippen LogP contribution in [0, 0.1) is 11.3 Å². The Kier molecular flexibility index (Phi) is 3.39. The fourth-order valence-corrected chi connectivity index (χ4v) is 3.19. The topological polar surface area (TPSA) is 53.5 Å². The van der Waals surface area contributed by atoms with Crippen LogP contribution in [0.15, 0.2) is 4.99 Å². The van der Waals surface area contributed by atoms with E-state index in [0.717, 1.165) is 31.6 Å². The van der Waals surface area contributed by atoms with Gasteiger partial charge in [-0.15, -0.1) is 0 Å². The molecule has 0 aromatic carbocycles. The van der Waals surface area contributed by atoms with Crippen molar-refractivity contribution in [1.82, 2.24) is 10.6 Å². The van der Waals surface area contributed by atoms with E-state index in [0.29, 0.717) is 11.4 Å². The largest absolute Gasteiger partial charge is 0.342 e. The first-order valence-corrected chi connectivity index (χ1v) is 7.00. The molecule has 0 radical (unpaired) electrons. The molecule has 2 fully saturated rings. The molecule has 1 aliphatic carbocycles. The molecule has 2 aliphatic rings. The minimum absolute atomic E-state index is 0.107. The monoisotopic (exact) mass is 251 g/mol. The lowest BCUT2D eigenvalue weighted by Gasteiger charge is -2.42. The van der Waals surface area contributed by atoms with Crippen molar-refractivity contribution in [2.45, 2.75) is 58.4 Å². The predicted molar refractivity (Wildman–Crippen MR) is 73.4 cm³/mol. The van der Waals surface area contributed by atoms with Crippen LogP contribution in [0.25, 0.3) is 0 Å². The highest BCUT2D eigenvalue weighted by Gasteiger charge is 2.48. The molecule has 4 heteroatoms. The number of rotatable bonds is 2. The van der Waals surface area contributed by atoms with Crippen molar-refractivity contribution >= 4 is 11.9 Å².